The van der Waals surface area contributed by atoms with Crippen LogP contribution in [0.4, 0.5) is 0 Å². The van der Waals surface area contributed by atoms with Gasteiger partial charge in [0.25, 0.3) is 0 Å². The van der Waals surface area contributed by atoms with Gasteiger partial charge >= 0.3 is 5.97 Å². The molecule has 3 rings (SSSR count). The molecule has 0 aromatic heterocycles. The lowest BCUT2D eigenvalue weighted by Gasteiger charge is -2.45. The molecule has 10 atom stereocenters. The third-order valence-corrected chi connectivity index (χ3v) is 5.50. The first-order valence-electron chi connectivity index (χ1n) is 10.4. The highest BCUT2D eigenvalue weighted by Gasteiger charge is 2.50. The summed E-state index contributed by atoms with van der Waals surface area (Å²) in [6.45, 7) is -1.24. The van der Waals surface area contributed by atoms with Crippen molar-refractivity contribution in [1.82, 2.24) is 0 Å². The van der Waals surface area contributed by atoms with Crippen LogP contribution >= 0.6 is 0 Å². The van der Waals surface area contributed by atoms with E-state index in [0.29, 0.717) is 5.56 Å². The van der Waals surface area contributed by atoms with Crippen LogP contribution in [-0.4, -0.2) is 121 Å². The fourth-order valence-corrected chi connectivity index (χ4v) is 3.50. The van der Waals surface area contributed by atoms with E-state index in [1.807, 2.05) is 0 Å². The molecule has 2 saturated heterocycles. The Morgan fingerprint density at radius 3 is 2.18 bits per heavy atom. The Kier molecular flexibility index (Phi) is 8.95. The van der Waals surface area contributed by atoms with Crippen molar-refractivity contribution in [3.63, 3.8) is 0 Å². The quantitative estimate of drug-likeness (QED) is 0.139. The molecule has 190 valence electrons. The van der Waals surface area contributed by atoms with Gasteiger partial charge in [-0.1, -0.05) is 12.1 Å². The van der Waals surface area contributed by atoms with E-state index in [9.17, 15) is 45.6 Å². The highest BCUT2D eigenvalue weighted by molar-refractivity contribution is 5.87. The molecule has 8 N–H and O–H groups in total. The summed E-state index contributed by atoms with van der Waals surface area (Å²) in [5, 5.41) is 79.1. The standard InChI is InChI=1S/C21H28O13/c22-7-11-14(25)16(27)18(29)21(33-11)34-19-17(28)15(26)12(32-20(19)30)8-31-13(24)6-3-9-1-4-10(23)5-2-9/h1-6,11-12,14-23,25-30H,7-8H2/t11-,12-,14+,15-,16+,17-,18+,19-,20+,21-/m0/s1. The van der Waals surface area contributed by atoms with Crippen LogP contribution in [-0.2, 0) is 23.7 Å². The predicted molar refractivity (Wildman–Crippen MR) is 110 cm³/mol. The summed E-state index contributed by atoms with van der Waals surface area (Å²) in [7, 11) is 0. The number of ether oxygens (including phenoxy) is 4. The van der Waals surface area contributed by atoms with E-state index in [4.69, 9.17) is 18.9 Å². The van der Waals surface area contributed by atoms with Crippen molar-refractivity contribution >= 4 is 12.0 Å². The van der Waals surface area contributed by atoms with Gasteiger partial charge in [0.15, 0.2) is 12.6 Å². The van der Waals surface area contributed by atoms with Crippen molar-refractivity contribution in [2.75, 3.05) is 13.2 Å². The molecule has 0 aliphatic carbocycles. The number of esters is 1. The summed E-state index contributed by atoms with van der Waals surface area (Å²) in [5.74, 6) is -0.735. The number of aromatic hydroxyl groups is 1. The normalized spacial score (nSPS) is 38.7. The van der Waals surface area contributed by atoms with Crippen LogP contribution in [0.2, 0.25) is 0 Å². The number of hydrogen-bond donors (Lipinski definition) is 8. The SMILES string of the molecule is O=C(C=Cc1ccc(O)cc1)OC[C@@H]1O[C@@H](O)[C@@H](O[C@@H]2O[C@@H](CO)[C@@H](O)[C@@H](O)[C@H]2O)[C@@H](O)[C@H]1O. The van der Waals surface area contributed by atoms with Gasteiger partial charge in [-0.2, -0.15) is 0 Å². The van der Waals surface area contributed by atoms with Crippen LogP contribution < -0.4 is 0 Å². The van der Waals surface area contributed by atoms with Crippen LogP contribution in [0.1, 0.15) is 5.56 Å². The molecular weight excluding hydrogens is 460 g/mol. The lowest BCUT2D eigenvalue weighted by Crippen LogP contribution is -2.64. The van der Waals surface area contributed by atoms with Gasteiger partial charge in [0, 0.05) is 6.08 Å². The zero-order chi connectivity index (χ0) is 25.0. The summed E-state index contributed by atoms with van der Waals surface area (Å²) >= 11 is 0. The minimum atomic E-state index is -1.86. The van der Waals surface area contributed by atoms with E-state index in [-0.39, 0.29) is 5.75 Å². The van der Waals surface area contributed by atoms with Crippen LogP contribution in [0.25, 0.3) is 6.08 Å². The summed E-state index contributed by atoms with van der Waals surface area (Å²) in [4.78, 5) is 11.9. The number of rotatable bonds is 7. The summed E-state index contributed by atoms with van der Waals surface area (Å²) < 4.78 is 20.6. The maximum Gasteiger partial charge on any atom is 0.330 e. The number of phenolic OH excluding ortho intramolecular Hbond substituents is 1. The van der Waals surface area contributed by atoms with E-state index in [1.54, 1.807) is 12.1 Å². The third kappa shape index (κ3) is 6.09. The molecule has 0 radical (unpaired) electrons. The first-order chi connectivity index (χ1) is 16.1. The molecule has 0 spiro atoms. The molecule has 2 aliphatic heterocycles. The molecule has 2 aliphatic rings. The first kappa shape index (κ1) is 26.4. The molecule has 0 bridgehead atoms. The lowest BCUT2D eigenvalue weighted by atomic mass is 9.97. The number of hydrogen-bond acceptors (Lipinski definition) is 13. The topological polar surface area (TPSA) is 216 Å². The Labute approximate surface area is 193 Å². The Morgan fingerprint density at radius 1 is 0.882 bits per heavy atom. The van der Waals surface area contributed by atoms with Gasteiger partial charge in [-0.25, -0.2) is 4.79 Å². The van der Waals surface area contributed by atoms with Crippen molar-refractivity contribution in [3.8, 4) is 5.75 Å². The minimum absolute atomic E-state index is 0.0640. The van der Waals surface area contributed by atoms with Crippen LogP contribution in [0.3, 0.4) is 0 Å². The van der Waals surface area contributed by atoms with E-state index >= 15 is 0 Å². The molecule has 0 saturated carbocycles. The second-order valence-electron chi connectivity index (χ2n) is 7.90. The monoisotopic (exact) mass is 488 g/mol. The molecule has 0 amide bonds. The largest absolute Gasteiger partial charge is 0.508 e. The zero-order valence-electron chi connectivity index (χ0n) is 17.8. The first-order valence-corrected chi connectivity index (χ1v) is 10.4. The molecule has 1 aromatic rings. The Hall–Kier alpha value is -2.17. The van der Waals surface area contributed by atoms with E-state index in [2.05, 4.69) is 0 Å². The van der Waals surface area contributed by atoms with Crippen LogP contribution in [0.15, 0.2) is 30.3 Å². The average molecular weight is 488 g/mol. The summed E-state index contributed by atoms with van der Waals surface area (Å²) in [5.41, 5.74) is 0.614. The van der Waals surface area contributed by atoms with E-state index in [0.717, 1.165) is 6.08 Å². The van der Waals surface area contributed by atoms with Gasteiger partial charge in [-0.05, 0) is 23.8 Å². The number of carbonyl (C=O) groups excluding carboxylic acids is 1. The Balaban J connectivity index is 1.54. The third-order valence-electron chi connectivity index (χ3n) is 5.50. The minimum Gasteiger partial charge on any atom is -0.508 e. The van der Waals surface area contributed by atoms with Crippen molar-refractivity contribution in [1.29, 1.82) is 0 Å². The number of benzene rings is 1. The predicted octanol–water partition coefficient (Wildman–Crippen LogP) is -3.43. The fourth-order valence-electron chi connectivity index (χ4n) is 3.50. The molecule has 2 fully saturated rings. The van der Waals surface area contributed by atoms with E-state index in [1.165, 1.54) is 18.2 Å². The zero-order valence-corrected chi connectivity index (χ0v) is 17.8. The highest BCUT2D eigenvalue weighted by atomic mass is 16.7. The molecule has 1 aromatic carbocycles. The molecule has 13 nitrogen and oxygen atoms in total. The number of aliphatic hydroxyl groups excluding tert-OH is 7. The lowest BCUT2D eigenvalue weighted by molar-refractivity contribution is -0.361. The average Bonchev–Trinajstić information content (AvgIpc) is 2.82. The number of carbonyl (C=O) groups is 1. The maximum atomic E-state index is 11.9. The second kappa shape index (κ2) is 11.5. The Bertz CT molecular complexity index is 828. The maximum absolute atomic E-state index is 11.9. The molecule has 13 heteroatoms. The fraction of sp³-hybridized carbons (Fsp3) is 0.571. The van der Waals surface area contributed by atoms with Gasteiger partial charge in [0.05, 0.1) is 6.61 Å². The van der Waals surface area contributed by atoms with Crippen molar-refractivity contribution in [3.05, 3.63) is 35.9 Å². The van der Waals surface area contributed by atoms with Crippen molar-refractivity contribution in [2.24, 2.45) is 0 Å². The smallest absolute Gasteiger partial charge is 0.330 e. The molecular formula is C21H28O13. The van der Waals surface area contributed by atoms with Crippen molar-refractivity contribution in [2.45, 2.75) is 61.4 Å². The van der Waals surface area contributed by atoms with Gasteiger partial charge < -0.3 is 59.8 Å². The van der Waals surface area contributed by atoms with Crippen LogP contribution in [0.5, 0.6) is 5.75 Å². The van der Waals surface area contributed by atoms with Crippen molar-refractivity contribution < 1.29 is 64.6 Å². The Morgan fingerprint density at radius 2 is 1.53 bits per heavy atom. The second-order valence-corrected chi connectivity index (χ2v) is 7.90. The summed E-state index contributed by atoms with van der Waals surface area (Å²) in [6.07, 6.45) is -13.9. The van der Waals surface area contributed by atoms with Gasteiger partial charge in [-0.15, -0.1) is 0 Å². The highest BCUT2D eigenvalue weighted by Crippen LogP contribution is 2.28. The number of phenols is 1. The van der Waals surface area contributed by atoms with E-state index < -0.39 is 80.6 Å². The van der Waals surface area contributed by atoms with Gasteiger partial charge in [0.1, 0.15) is 61.2 Å². The van der Waals surface area contributed by atoms with Gasteiger partial charge in [-0.3, -0.25) is 0 Å². The summed E-state index contributed by atoms with van der Waals surface area (Å²) in [6, 6.07) is 6.00. The number of aliphatic hydroxyl groups is 7. The molecule has 2 heterocycles. The van der Waals surface area contributed by atoms with Gasteiger partial charge in [0.2, 0.25) is 0 Å². The van der Waals surface area contributed by atoms with Crippen LogP contribution in [0, 0.1) is 0 Å². The molecule has 0 unspecified atom stereocenters. The molecule has 34 heavy (non-hydrogen) atoms.